The van der Waals surface area contributed by atoms with Gasteiger partial charge in [-0.25, -0.2) is 4.98 Å². The minimum Gasteiger partial charge on any atom is -0.379 e. The van der Waals surface area contributed by atoms with Crippen molar-refractivity contribution in [2.45, 2.75) is 32.7 Å². The first kappa shape index (κ1) is 17.0. The summed E-state index contributed by atoms with van der Waals surface area (Å²) in [4.78, 5) is 8.94. The molecule has 4 nitrogen and oxygen atoms in total. The van der Waals surface area contributed by atoms with Gasteiger partial charge in [-0.2, -0.15) is 0 Å². The molecule has 1 saturated heterocycles. The number of ether oxygens (including phenoxy) is 1. The Morgan fingerprint density at radius 3 is 2.73 bits per heavy atom. The lowest BCUT2D eigenvalue weighted by Crippen LogP contribution is -2.29. The van der Waals surface area contributed by atoms with Gasteiger partial charge in [0.15, 0.2) is 0 Å². The molecule has 0 saturated carbocycles. The second-order valence-corrected chi connectivity index (χ2v) is 7.14. The molecule has 4 rings (SSSR count). The number of fused-ring (bicyclic) bond motifs is 1. The van der Waals surface area contributed by atoms with Crippen molar-refractivity contribution < 1.29 is 4.74 Å². The topological polar surface area (TPSA) is 47.0 Å². The van der Waals surface area contributed by atoms with Gasteiger partial charge in [-0.05, 0) is 66.8 Å². The highest BCUT2D eigenvalue weighted by molar-refractivity contribution is 5.84. The van der Waals surface area contributed by atoms with Crippen LogP contribution in [-0.4, -0.2) is 29.2 Å². The fourth-order valence-electron chi connectivity index (χ4n) is 3.71. The Labute approximate surface area is 154 Å². The first-order valence-electron chi connectivity index (χ1n) is 9.36. The number of anilines is 1. The van der Waals surface area contributed by atoms with Crippen LogP contribution in [0.15, 0.2) is 48.8 Å². The fourth-order valence-corrected chi connectivity index (χ4v) is 3.71. The van der Waals surface area contributed by atoms with Crippen LogP contribution in [0.5, 0.6) is 0 Å². The van der Waals surface area contributed by atoms with E-state index < -0.39 is 0 Å². The molecule has 0 aliphatic carbocycles. The number of aromatic nitrogens is 2. The Morgan fingerprint density at radius 1 is 1.08 bits per heavy atom. The van der Waals surface area contributed by atoms with E-state index in [0.717, 1.165) is 37.4 Å². The van der Waals surface area contributed by atoms with E-state index in [0.29, 0.717) is 5.92 Å². The maximum Gasteiger partial charge on any atom is 0.127 e. The second kappa shape index (κ2) is 7.42. The molecule has 2 atom stereocenters. The number of nitrogens with one attached hydrogen (secondary N) is 1. The average Bonchev–Trinajstić information content (AvgIpc) is 3.09. The molecular weight excluding hydrogens is 322 g/mol. The minimum atomic E-state index is 0.280. The lowest BCUT2D eigenvalue weighted by atomic mass is 9.95. The van der Waals surface area contributed by atoms with Crippen LogP contribution in [0.1, 0.15) is 23.6 Å². The summed E-state index contributed by atoms with van der Waals surface area (Å²) in [5, 5.41) is 4.86. The van der Waals surface area contributed by atoms with Gasteiger partial charge in [0.2, 0.25) is 0 Å². The van der Waals surface area contributed by atoms with Crippen molar-refractivity contribution in [3.63, 3.8) is 0 Å². The van der Waals surface area contributed by atoms with E-state index in [1.54, 1.807) is 0 Å². The van der Waals surface area contributed by atoms with Crippen molar-refractivity contribution in [1.29, 1.82) is 0 Å². The first-order valence-corrected chi connectivity index (χ1v) is 9.36. The number of nitrogens with zero attached hydrogens (tertiary/aromatic N) is 2. The van der Waals surface area contributed by atoms with Gasteiger partial charge in [-0.1, -0.05) is 13.0 Å². The number of benzene rings is 1. The van der Waals surface area contributed by atoms with Crippen molar-refractivity contribution in [3.05, 3.63) is 65.5 Å². The highest BCUT2D eigenvalue weighted by Crippen LogP contribution is 2.25. The molecular formula is C22H25N3O. The molecule has 0 amide bonds. The van der Waals surface area contributed by atoms with E-state index in [1.807, 2.05) is 12.4 Å². The maximum atomic E-state index is 5.76. The Hall–Kier alpha value is -2.46. The molecule has 2 aromatic heterocycles. The van der Waals surface area contributed by atoms with E-state index in [2.05, 4.69) is 60.5 Å². The quantitative estimate of drug-likeness (QED) is 0.752. The van der Waals surface area contributed by atoms with Crippen LogP contribution in [0, 0.1) is 12.8 Å². The lowest BCUT2D eigenvalue weighted by Gasteiger charge is -2.20. The van der Waals surface area contributed by atoms with Crippen LogP contribution in [0.25, 0.3) is 10.9 Å². The zero-order chi connectivity index (χ0) is 17.9. The van der Waals surface area contributed by atoms with Gasteiger partial charge in [0.25, 0.3) is 0 Å². The highest BCUT2D eigenvalue weighted by Gasteiger charge is 2.28. The normalized spacial score (nSPS) is 19.8. The Kier molecular flexibility index (Phi) is 4.85. The van der Waals surface area contributed by atoms with Gasteiger partial charge in [0.05, 0.1) is 24.8 Å². The van der Waals surface area contributed by atoms with Crippen molar-refractivity contribution in [2.24, 2.45) is 5.92 Å². The highest BCUT2D eigenvalue weighted by atomic mass is 16.5. The van der Waals surface area contributed by atoms with E-state index in [9.17, 15) is 0 Å². The third-order valence-electron chi connectivity index (χ3n) is 5.27. The Morgan fingerprint density at radius 2 is 1.92 bits per heavy atom. The molecule has 0 radical (unpaired) electrons. The van der Waals surface area contributed by atoms with Crippen LogP contribution in [-0.2, 0) is 17.6 Å². The van der Waals surface area contributed by atoms with Crippen LogP contribution in [0.4, 0.5) is 5.82 Å². The number of aryl methyl sites for hydroxylation is 2. The molecule has 4 heteroatoms. The van der Waals surface area contributed by atoms with Gasteiger partial charge in [0, 0.05) is 23.7 Å². The summed E-state index contributed by atoms with van der Waals surface area (Å²) in [7, 11) is 0. The summed E-state index contributed by atoms with van der Waals surface area (Å²) in [6.07, 6.45) is 5.75. The third kappa shape index (κ3) is 3.56. The molecule has 1 aliphatic rings. The molecule has 134 valence electrons. The van der Waals surface area contributed by atoms with E-state index in [4.69, 9.17) is 9.72 Å². The molecule has 0 bridgehead atoms. The van der Waals surface area contributed by atoms with Crippen LogP contribution in [0.2, 0.25) is 0 Å². The number of hydrogen-bond donors (Lipinski definition) is 1. The third-order valence-corrected chi connectivity index (χ3v) is 5.27. The first-order chi connectivity index (χ1) is 12.7. The Balaban J connectivity index is 1.54. The van der Waals surface area contributed by atoms with Crippen molar-refractivity contribution in [1.82, 2.24) is 9.97 Å². The Bertz CT molecular complexity index is 895. The predicted molar refractivity (Wildman–Crippen MR) is 106 cm³/mol. The predicted octanol–water partition coefficient (Wildman–Crippen LogP) is 4.17. The van der Waals surface area contributed by atoms with Gasteiger partial charge in [0.1, 0.15) is 5.82 Å². The molecule has 0 spiro atoms. The molecule has 1 aromatic carbocycles. The van der Waals surface area contributed by atoms with Gasteiger partial charge in [-0.3, -0.25) is 4.98 Å². The zero-order valence-corrected chi connectivity index (χ0v) is 15.4. The van der Waals surface area contributed by atoms with Crippen LogP contribution < -0.4 is 5.32 Å². The van der Waals surface area contributed by atoms with Crippen molar-refractivity contribution in [3.8, 4) is 0 Å². The van der Waals surface area contributed by atoms with Crippen LogP contribution >= 0.6 is 0 Å². The zero-order valence-electron chi connectivity index (χ0n) is 15.4. The molecule has 0 unspecified atom stereocenters. The summed E-state index contributed by atoms with van der Waals surface area (Å²) >= 11 is 0. The number of hydrogen-bond acceptors (Lipinski definition) is 4. The molecule has 3 aromatic rings. The van der Waals surface area contributed by atoms with E-state index in [-0.39, 0.29) is 6.04 Å². The lowest BCUT2D eigenvalue weighted by molar-refractivity contribution is 0.185. The molecule has 3 heterocycles. The summed E-state index contributed by atoms with van der Waals surface area (Å²) in [5.74, 6) is 1.38. The minimum absolute atomic E-state index is 0.280. The number of pyridine rings is 2. The van der Waals surface area contributed by atoms with E-state index in [1.165, 1.54) is 22.1 Å². The van der Waals surface area contributed by atoms with Crippen LogP contribution in [0.3, 0.4) is 0 Å². The smallest absolute Gasteiger partial charge is 0.127 e. The summed E-state index contributed by atoms with van der Waals surface area (Å²) in [6, 6.07) is 13.2. The monoisotopic (exact) mass is 347 g/mol. The number of rotatable bonds is 5. The average molecular weight is 347 g/mol. The van der Waals surface area contributed by atoms with Crippen molar-refractivity contribution in [2.75, 3.05) is 18.5 Å². The van der Waals surface area contributed by atoms with Crippen molar-refractivity contribution >= 4 is 16.7 Å². The molecule has 1 aliphatic heterocycles. The van der Waals surface area contributed by atoms with Gasteiger partial charge >= 0.3 is 0 Å². The summed E-state index contributed by atoms with van der Waals surface area (Å²) in [6.45, 7) is 5.85. The second-order valence-electron chi connectivity index (χ2n) is 7.14. The standard InChI is InChI=1S/C22H25N3O/c1-3-16-4-5-20-19(12-16)15(2)10-22(24-20)25-21-14-26-13-18(21)11-17-6-8-23-9-7-17/h4-10,12,18,21H,3,11,13-14H2,1-2H3,(H,24,25)/t18-,21-/m1/s1. The van der Waals surface area contributed by atoms with E-state index >= 15 is 0 Å². The largest absolute Gasteiger partial charge is 0.379 e. The fraction of sp³-hybridized carbons (Fsp3) is 0.364. The molecule has 26 heavy (non-hydrogen) atoms. The summed E-state index contributed by atoms with van der Waals surface area (Å²) in [5.41, 5.74) is 4.97. The van der Waals surface area contributed by atoms with Gasteiger partial charge < -0.3 is 10.1 Å². The SMILES string of the molecule is CCc1ccc2nc(N[C@@H]3COC[C@H]3Cc3ccncc3)cc(C)c2c1. The summed E-state index contributed by atoms with van der Waals surface area (Å²) < 4.78 is 5.76. The molecule has 1 N–H and O–H groups in total. The van der Waals surface area contributed by atoms with Gasteiger partial charge in [-0.15, -0.1) is 0 Å². The molecule has 1 fully saturated rings. The maximum absolute atomic E-state index is 5.76.